The molecule has 88 valence electrons. The number of aldehydes is 1. The zero-order valence-corrected chi connectivity index (χ0v) is 8.92. The van der Waals surface area contributed by atoms with Crippen molar-refractivity contribution in [3.63, 3.8) is 0 Å². The van der Waals surface area contributed by atoms with Crippen LogP contribution in [-0.4, -0.2) is 19.4 Å². The molecule has 1 aromatic rings. The van der Waals surface area contributed by atoms with Crippen molar-refractivity contribution in [2.75, 3.05) is 7.11 Å². The molecule has 17 heavy (non-hydrogen) atoms. The molecule has 1 rings (SSSR count). The number of methoxy groups -OCH3 is 1. The largest absolute Gasteiger partial charge is 0.468 e. The quantitative estimate of drug-likeness (QED) is 0.447. The van der Waals surface area contributed by atoms with Gasteiger partial charge >= 0.3 is 5.97 Å². The molecule has 1 aromatic carbocycles. The Kier molecular flexibility index (Phi) is 4.35. The third kappa shape index (κ3) is 3.11. The topological polar surface area (TPSA) is 43.4 Å². The van der Waals surface area contributed by atoms with Crippen LogP contribution in [0, 0.1) is 23.5 Å². The summed E-state index contributed by atoms with van der Waals surface area (Å²) in [5.41, 5.74) is -0.813. The number of carbonyl (C=O) groups is 2. The molecule has 3 nitrogen and oxygen atoms in total. The number of benzene rings is 1. The third-order valence-corrected chi connectivity index (χ3v) is 1.93. The zero-order valence-electron chi connectivity index (χ0n) is 8.92. The van der Waals surface area contributed by atoms with Gasteiger partial charge in [-0.05, 0) is 12.1 Å². The summed E-state index contributed by atoms with van der Waals surface area (Å²) in [4.78, 5) is 21.2. The lowest BCUT2D eigenvalue weighted by Gasteiger charge is -1.99. The van der Waals surface area contributed by atoms with Gasteiger partial charge in [-0.3, -0.25) is 9.59 Å². The molecule has 0 aromatic heterocycles. The van der Waals surface area contributed by atoms with Crippen molar-refractivity contribution < 1.29 is 23.1 Å². The first kappa shape index (κ1) is 12.8. The third-order valence-electron chi connectivity index (χ3n) is 1.93. The van der Waals surface area contributed by atoms with E-state index < -0.39 is 23.2 Å². The van der Waals surface area contributed by atoms with Crippen molar-refractivity contribution in [3.8, 4) is 11.8 Å². The lowest BCUT2D eigenvalue weighted by atomic mass is 10.1. The van der Waals surface area contributed by atoms with E-state index >= 15 is 0 Å². The molecule has 0 aliphatic carbocycles. The van der Waals surface area contributed by atoms with Crippen LogP contribution in [0.15, 0.2) is 12.1 Å². The molecule has 0 atom stereocenters. The molecule has 5 heteroatoms. The van der Waals surface area contributed by atoms with Crippen LogP contribution in [0.1, 0.15) is 22.3 Å². The van der Waals surface area contributed by atoms with E-state index in [2.05, 4.69) is 16.6 Å². The highest BCUT2D eigenvalue weighted by Crippen LogP contribution is 2.14. The molecule has 0 unspecified atom stereocenters. The van der Waals surface area contributed by atoms with Crippen LogP contribution in [0.5, 0.6) is 0 Å². The lowest BCUT2D eigenvalue weighted by Crippen LogP contribution is -1.98. The average molecular weight is 238 g/mol. The fourth-order valence-corrected chi connectivity index (χ4v) is 1.06. The summed E-state index contributed by atoms with van der Waals surface area (Å²) in [6.07, 6.45) is -0.125. The predicted octanol–water partition coefficient (Wildman–Crippen LogP) is 1.69. The molecular formula is C12H8F2O3. The van der Waals surface area contributed by atoms with Crippen molar-refractivity contribution in [3.05, 3.63) is 34.9 Å². The van der Waals surface area contributed by atoms with E-state index in [1.807, 2.05) is 0 Å². The van der Waals surface area contributed by atoms with Crippen molar-refractivity contribution in [1.82, 2.24) is 0 Å². The van der Waals surface area contributed by atoms with Gasteiger partial charge in [0.05, 0.1) is 18.2 Å². The van der Waals surface area contributed by atoms with Crippen LogP contribution < -0.4 is 0 Å². The first-order valence-electron chi connectivity index (χ1n) is 4.59. The van der Waals surface area contributed by atoms with Gasteiger partial charge in [0.1, 0.15) is 12.2 Å². The second kappa shape index (κ2) is 5.75. The molecular weight excluding hydrogens is 230 g/mol. The van der Waals surface area contributed by atoms with E-state index in [4.69, 9.17) is 0 Å². The van der Waals surface area contributed by atoms with Gasteiger partial charge in [0.2, 0.25) is 0 Å². The van der Waals surface area contributed by atoms with Crippen molar-refractivity contribution >= 4 is 12.3 Å². The van der Waals surface area contributed by atoms with Crippen LogP contribution in [0.25, 0.3) is 0 Å². The van der Waals surface area contributed by atoms with Gasteiger partial charge in [-0.25, -0.2) is 8.78 Å². The summed E-state index contributed by atoms with van der Waals surface area (Å²) in [7, 11) is 1.20. The van der Waals surface area contributed by atoms with E-state index in [1.165, 1.54) is 7.11 Å². The first-order chi connectivity index (χ1) is 8.10. The Balaban J connectivity index is 3.00. The van der Waals surface area contributed by atoms with E-state index in [0.29, 0.717) is 0 Å². The molecule has 0 bridgehead atoms. The van der Waals surface area contributed by atoms with Crippen molar-refractivity contribution in [2.24, 2.45) is 0 Å². The Hall–Kier alpha value is -2.22. The predicted molar refractivity (Wildman–Crippen MR) is 55.3 cm³/mol. The molecule has 0 radical (unpaired) electrons. The fourth-order valence-electron chi connectivity index (χ4n) is 1.06. The smallest absolute Gasteiger partial charge is 0.317 e. The average Bonchev–Trinajstić information content (AvgIpc) is 2.32. The fraction of sp³-hybridized carbons (Fsp3) is 0.167. The number of rotatable bonds is 2. The maximum Gasteiger partial charge on any atom is 0.317 e. The number of carbonyl (C=O) groups excluding carboxylic acids is 2. The Labute approximate surface area is 96.4 Å². The number of ether oxygens (including phenoxy) is 1. The molecule has 0 amide bonds. The van der Waals surface area contributed by atoms with Crippen LogP contribution in [0.2, 0.25) is 0 Å². The highest BCUT2D eigenvalue weighted by molar-refractivity contribution is 5.77. The second-order valence-corrected chi connectivity index (χ2v) is 3.00. The van der Waals surface area contributed by atoms with E-state index in [1.54, 1.807) is 0 Å². The summed E-state index contributed by atoms with van der Waals surface area (Å²) in [5, 5.41) is 0. The summed E-state index contributed by atoms with van der Waals surface area (Å²) < 4.78 is 30.7. The highest BCUT2D eigenvalue weighted by atomic mass is 19.1. The second-order valence-electron chi connectivity index (χ2n) is 3.00. The van der Waals surface area contributed by atoms with Gasteiger partial charge in [-0.2, -0.15) is 0 Å². The Morgan fingerprint density at radius 3 is 2.76 bits per heavy atom. The van der Waals surface area contributed by atoms with E-state index in [9.17, 15) is 18.4 Å². The van der Waals surface area contributed by atoms with E-state index in [-0.39, 0.29) is 18.3 Å². The normalized spacial score (nSPS) is 9.12. The Morgan fingerprint density at radius 2 is 2.18 bits per heavy atom. The van der Waals surface area contributed by atoms with Gasteiger partial charge in [0, 0.05) is 0 Å². The minimum Gasteiger partial charge on any atom is -0.468 e. The molecule has 0 spiro atoms. The lowest BCUT2D eigenvalue weighted by molar-refractivity contribution is -0.139. The minimum atomic E-state index is -1.03. The van der Waals surface area contributed by atoms with Crippen LogP contribution in [0.3, 0.4) is 0 Å². The summed E-state index contributed by atoms with van der Waals surface area (Å²) >= 11 is 0. The summed E-state index contributed by atoms with van der Waals surface area (Å²) in [5.74, 6) is 2.15. The number of esters is 1. The minimum absolute atomic E-state index is 0.0795. The monoisotopic (exact) mass is 238 g/mol. The molecule has 0 saturated carbocycles. The van der Waals surface area contributed by atoms with Gasteiger partial charge in [-0.1, -0.05) is 11.8 Å². The standard InChI is InChI=1S/C12H8F2O3/c1-17-11(16)4-2-3-8-5-6-10(13)9(7-15)12(8)14/h5-7H,4H2,1H3. The number of hydrogen-bond donors (Lipinski definition) is 0. The molecule has 0 aliphatic heterocycles. The maximum absolute atomic E-state index is 13.5. The molecule has 0 aliphatic rings. The molecule has 0 N–H and O–H groups in total. The molecule has 0 heterocycles. The Bertz CT molecular complexity index is 512. The van der Waals surface area contributed by atoms with Gasteiger partial charge < -0.3 is 4.74 Å². The van der Waals surface area contributed by atoms with Crippen LogP contribution in [-0.2, 0) is 9.53 Å². The van der Waals surface area contributed by atoms with Crippen molar-refractivity contribution in [2.45, 2.75) is 6.42 Å². The maximum atomic E-state index is 13.5. The summed E-state index contributed by atoms with van der Waals surface area (Å²) in [6.45, 7) is 0. The highest BCUT2D eigenvalue weighted by Gasteiger charge is 2.11. The van der Waals surface area contributed by atoms with Crippen molar-refractivity contribution in [1.29, 1.82) is 0 Å². The van der Waals surface area contributed by atoms with Gasteiger partial charge in [0.15, 0.2) is 12.1 Å². The first-order valence-corrected chi connectivity index (χ1v) is 4.59. The summed E-state index contributed by atoms with van der Waals surface area (Å²) in [6, 6.07) is 2.04. The Morgan fingerprint density at radius 1 is 1.47 bits per heavy atom. The zero-order chi connectivity index (χ0) is 12.8. The molecule has 0 saturated heterocycles. The van der Waals surface area contributed by atoms with Crippen LogP contribution in [0.4, 0.5) is 8.78 Å². The van der Waals surface area contributed by atoms with Crippen LogP contribution >= 0.6 is 0 Å². The SMILES string of the molecule is COC(=O)CC#Cc1ccc(F)c(C=O)c1F. The van der Waals surface area contributed by atoms with Gasteiger partial charge in [0.25, 0.3) is 0 Å². The van der Waals surface area contributed by atoms with E-state index in [0.717, 1.165) is 12.1 Å². The van der Waals surface area contributed by atoms with Gasteiger partial charge in [-0.15, -0.1) is 0 Å². The number of hydrogen-bond acceptors (Lipinski definition) is 3. The number of halogens is 2. The molecule has 0 fully saturated rings.